The number of aromatic nitrogens is 1. The van der Waals surface area contributed by atoms with Gasteiger partial charge in [0.2, 0.25) is 5.82 Å². The maximum absolute atomic E-state index is 11.1. The molecule has 7 heteroatoms. The van der Waals surface area contributed by atoms with Crippen LogP contribution in [0.5, 0.6) is 0 Å². The molecule has 0 spiro atoms. The average molecular weight is 265 g/mol. The fourth-order valence-corrected chi connectivity index (χ4v) is 2.38. The van der Waals surface area contributed by atoms with Gasteiger partial charge in [0.25, 0.3) is 0 Å². The summed E-state index contributed by atoms with van der Waals surface area (Å²) >= 11 is 0. The second-order valence-electron chi connectivity index (χ2n) is 4.90. The monoisotopic (exact) mass is 265 g/mol. The lowest BCUT2D eigenvalue weighted by Gasteiger charge is -2.39. The van der Waals surface area contributed by atoms with E-state index in [4.69, 9.17) is 5.73 Å². The molecule has 0 aromatic carbocycles. The van der Waals surface area contributed by atoms with E-state index in [0.717, 1.165) is 18.8 Å². The first-order chi connectivity index (χ1) is 9.02. The Morgan fingerprint density at radius 3 is 2.89 bits per heavy atom. The second kappa shape index (κ2) is 5.50. The number of nitrogens with zero attached hydrogens (tertiary/aromatic N) is 4. The number of nitro groups is 1. The summed E-state index contributed by atoms with van der Waals surface area (Å²) in [6, 6.07) is 3.24. The highest BCUT2D eigenvalue weighted by atomic mass is 16.6. The highest BCUT2D eigenvalue weighted by Crippen LogP contribution is 2.28. The highest BCUT2D eigenvalue weighted by molar-refractivity contribution is 5.59. The fraction of sp³-hybridized carbons (Fsp3) is 0.583. The summed E-state index contributed by atoms with van der Waals surface area (Å²) in [4.78, 5) is 19.2. The van der Waals surface area contributed by atoms with E-state index >= 15 is 0 Å². The number of hydrogen-bond acceptors (Lipinski definition) is 6. The third kappa shape index (κ3) is 2.82. The Labute approximate surface area is 112 Å². The van der Waals surface area contributed by atoms with E-state index < -0.39 is 0 Å². The zero-order chi connectivity index (χ0) is 14.0. The van der Waals surface area contributed by atoms with Crippen molar-refractivity contribution in [3.05, 3.63) is 27.9 Å². The Morgan fingerprint density at radius 2 is 2.26 bits per heavy atom. The normalized spacial score (nSPS) is 20.6. The SMILES string of the molecule is Cc1ccc([N+](=O)[O-])c(N2CCN(C)CC2CN)n1. The molecule has 0 amide bonds. The van der Waals surface area contributed by atoms with Crippen molar-refractivity contribution >= 4 is 11.5 Å². The molecule has 104 valence electrons. The van der Waals surface area contributed by atoms with Crippen molar-refractivity contribution in [2.45, 2.75) is 13.0 Å². The molecule has 0 radical (unpaired) electrons. The van der Waals surface area contributed by atoms with Crippen LogP contribution in [0.4, 0.5) is 11.5 Å². The predicted molar refractivity (Wildman–Crippen MR) is 73.3 cm³/mol. The van der Waals surface area contributed by atoms with Crippen LogP contribution in [0.1, 0.15) is 5.69 Å². The molecule has 2 rings (SSSR count). The third-order valence-electron chi connectivity index (χ3n) is 3.42. The first-order valence-corrected chi connectivity index (χ1v) is 6.30. The fourth-order valence-electron chi connectivity index (χ4n) is 2.38. The maximum Gasteiger partial charge on any atom is 0.311 e. The van der Waals surface area contributed by atoms with Crippen LogP contribution in [0.25, 0.3) is 0 Å². The number of pyridine rings is 1. The van der Waals surface area contributed by atoms with E-state index in [9.17, 15) is 10.1 Å². The lowest BCUT2D eigenvalue weighted by atomic mass is 10.1. The lowest BCUT2D eigenvalue weighted by molar-refractivity contribution is -0.384. The van der Waals surface area contributed by atoms with Gasteiger partial charge in [0.15, 0.2) is 0 Å². The van der Waals surface area contributed by atoms with Gasteiger partial charge in [-0.3, -0.25) is 10.1 Å². The zero-order valence-corrected chi connectivity index (χ0v) is 11.2. The lowest BCUT2D eigenvalue weighted by Crippen LogP contribution is -2.55. The highest BCUT2D eigenvalue weighted by Gasteiger charge is 2.30. The number of hydrogen-bond donors (Lipinski definition) is 1. The van der Waals surface area contributed by atoms with Crippen LogP contribution in [0.3, 0.4) is 0 Å². The molecule has 1 aromatic rings. The van der Waals surface area contributed by atoms with E-state index in [1.807, 2.05) is 18.9 Å². The van der Waals surface area contributed by atoms with Crippen molar-refractivity contribution in [3.8, 4) is 0 Å². The van der Waals surface area contributed by atoms with Crippen LogP contribution in [0, 0.1) is 17.0 Å². The number of anilines is 1. The predicted octanol–water partition coefficient (Wildman–Crippen LogP) is 0.377. The van der Waals surface area contributed by atoms with E-state index in [1.165, 1.54) is 6.07 Å². The summed E-state index contributed by atoms with van der Waals surface area (Å²) in [5.41, 5.74) is 6.61. The zero-order valence-electron chi connectivity index (χ0n) is 11.2. The van der Waals surface area contributed by atoms with Crippen molar-refractivity contribution < 1.29 is 4.92 Å². The van der Waals surface area contributed by atoms with Crippen molar-refractivity contribution in [1.82, 2.24) is 9.88 Å². The molecule has 1 aliphatic heterocycles. The molecular formula is C12H19N5O2. The second-order valence-corrected chi connectivity index (χ2v) is 4.90. The van der Waals surface area contributed by atoms with Gasteiger partial charge in [-0.2, -0.15) is 0 Å². The smallest absolute Gasteiger partial charge is 0.311 e. The molecular weight excluding hydrogens is 246 g/mol. The van der Waals surface area contributed by atoms with E-state index in [1.54, 1.807) is 6.07 Å². The first-order valence-electron chi connectivity index (χ1n) is 6.30. The van der Waals surface area contributed by atoms with Crippen LogP contribution < -0.4 is 10.6 Å². The van der Waals surface area contributed by atoms with E-state index in [-0.39, 0.29) is 16.7 Å². The van der Waals surface area contributed by atoms with Gasteiger partial charge in [0.1, 0.15) is 0 Å². The minimum absolute atomic E-state index is 0.0496. The van der Waals surface area contributed by atoms with E-state index in [2.05, 4.69) is 9.88 Å². The van der Waals surface area contributed by atoms with Gasteiger partial charge in [0.05, 0.1) is 11.0 Å². The van der Waals surface area contributed by atoms with Gasteiger partial charge in [0, 0.05) is 37.9 Å². The van der Waals surface area contributed by atoms with Gasteiger partial charge in [-0.15, -0.1) is 0 Å². The number of nitrogens with two attached hydrogens (primary N) is 1. The Hall–Kier alpha value is -1.73. The van der Waals surface area contributed by atoms with Crippen molar-refractivity contribution in [2.24, 2.45) is 5.73 Å². The molecule has 0 saturated carbocycles. The van der Waals surface area contributed by atoms with Crippen LogP contribution in [0.15, 0.2) is 12.1 Å². The minimum atomic E-state index is -0.381. The molecule has 2 heterocycles. The Bertz CT molecular complexity index is 479. The molecule has 1 aromatic heterocycles. The molecule has 1 aliphatic rings. The van der Waals surface area contributed by atoms with Crippen LogP contribution in [0.2, 0.25) is 0 Å². The Morgan fingerprint density at radius 1 is 1.53 bits per heavy atom. The summed E-state index contributed by atoms with van der Waals surface area (Å²) < 4.78 is 0. The van der Waals surface area contributed by atoms with Gasteiger partial charge in [-0.25, -0.2) is 4.98 Å². The third-order valence-corrected chi connectivity index (χ3v) is 3.42. The molecule has 1 unspecified atom stereocenters. The van der Waals surface area contributed by atoms with Gasteiger partial charge >= 0.3 is 5.69 Å². The molecule has 1 saturated heterocycles. The first kappa shape index (κ1) is 13.7. The minimum Gasteiger partial charge on any atom is -0.344 e. The summed E-state index contributed by atoms with van der Waals surface area (Å²) in [5, 5.41) is 11.1. The molecule has 2 N–H and O–H groups in total. The number of rotatable bonds is 3. The largest absolute Gasteiger partial charge is 0.344 e. The molecule has 7 nitrogen and oxygen atoms in total. The topological polar surface area (TPSA) is 88.5 Å². The molecule has 0 bridgehead atoms. The maximum atomic E-state index is 11.1. The van der Waals surface area contributed by atoms with Crippen LogP contribution in [-0.4, -0.2) is 54.1 Å². The number of piperazine rings is 1. The van der Waals surface area contributed by atoms with Crippen LogP contribution >= 0.6 is 0 Å². The van der Waals surface area contributed by atoms with E-state index in [0.29, 0.717) is 18.9 Å². The molecule has 1 atom stereocenters. The summed E-state index contributed by atoms with van der Waals surface area (Å²) in [7, 11) is 2.03. The van der Waals surface area contributed by atoms with Gasteiger partial charge < -0.3 is 15.5 Å². The average Bonchev–Trinajstić information content (AvgIpc) is 2.38. The van der Waals surface area contributed by atoms with Crippen LogP contribution in [-0.2, 0) is 0 Å². The number of likely N-dealkylation sites (N-methyl/N-ethyl adjacent to an activating group) is 1. The molecule has 0 aliphatic carbocycles. The van der Waals surface area contributed by atoms with Crippen molar-refractivity contribution in [1.29, 1.82) is 0 Å². The Kier molecular flexibility index (Phi) is 3.96. The Balaban J connectivity index is 2.39. The molecule has 19 heavy (non-hydrogen) atoms. The number of aryl methyl sites for hydroxylation is 1. The quantitative estimate of drug-likeness (QED) is 0.627. The summed E-state index contributed by atoms with van der Waals surface area (Å²) in [6.07, 6.45) is 0. The summed E-state index contributed by atoms with van der Waals surface area (Å²) in [6.45, 7) is 4.64. The van der Waals surface area contributed by atoms with Crippen molar-refractivity contribution in [2.75, 3.05) is 38.1 Å². The molecule has 1 fully saturated rings. The standard InChI is InChI=1S/C12H19N5O2/c1-9-3-4-11(17(18)19)12(14-9)16-6-5-15(2)8-10(16)7-13/h3-4,10H,5-8,13H2,1-2H3. The summed E-state index contributed by atoms with van der Waals surface area (Å²) in [5.74, 6) is 0.438. The van der Waals surface area contributed by atoms with Gasteiger partial charge in [-0.1, -0.05) is 0 Å². The van der Waals surface area contributed by atoms with Gasteiger partial charge in [-0.05, 0) is 20.0 Å². The van der Waals surface area contributed by atoms with Crippen molar-refractivity contribution in [3.63, 3.8) is 0 Å².